The first-order valence-corrected chi connectivity index (χ1v) is 9.45. The highest BCUT2D eigenvalue weighted by Crippen LogP contribution is 2.21. The number of nitrogens with one attached hydrogen (secondary N) is 1. The quantitative estimate of drug-likeness (QED) is 0.391. The third kappa shape index (κ3) is 3.45. The number of aromatic nitrogens is 1. The minimum Gasteiger partial charge on any atom is -0.407 e. The SMILES string of the molecule is Cc1csc2nc(Cc3ccc(C(=O)c4cccc(NO)c4)cc3)oc(=O)c12. The fourth-order valence-electron chi connectivity index (χ4n) is 2.98. The van der Waals surface area contributed by atoms with Crippen molar-refractivity contribution in [3.63, 3.8) is 0 Å². The van der Waals surface area contributed by atoms with Gasteiger partial charge in [-0.15, -0.1) is 11.3 Å². The Balaban J connectivity index is 1.56. The summed E-state index contributed by atoms with van der Waals surface area (Å²) < 4.78 is 5.35. The van der Waals surface area contributed by atoms with Crippen molar-refractivity contribution in [2.75, 3.05) is 5.48 Å². The Morgan fingerprint density at radius 1 is 1.18 bits per heavy atom. The third-order valence-corrected chi connectivity index (χ3v) is 5.41. The molecular weight excluding hydrogens is 376 g/mol. The zero-order chi connectivity index (χ0) is 19.7. The van der Waals surface area contributed by atoms with E-state index in [0.29, 0.717) is 39.3 Å². The van der Waals surface area contributed by atoms with Crippen LogP contribution in [0.25, 0.3) is 10.2 Å². The van der Waals surface area contributed by atoms with Crippen molar-refractivity contribution < 1.29 is 14.4 Å². The lowest BCUT2D eigenvalue weighted by Crippen LogP contribution is -2.05. The lowest BCUT2D eigenvalue weighted by Gasteiger charge is -2.05. The molecule has 2 N–H and O–H groups in total. The van der Waals surface area contributed by atoms with Gasteiger partial charge in [-0.25, -0.2) is 9.78 Å². The summed E-state index contributed by atoms with van der Waals surface area (Å²) in [7, 11) is 0. The molecule has 0 atom stereocenters. The van der Waals surface area contributed by atoms with E-state index in [1.54, 1.807) is 36.4 Å². The highest BCUT2D eigenvalue weighted by molar-refractivity contribution is 7.16. The lowest BCUT2D eigenvalue weighted by molar-refractivity contribution is 0.103. The average molecular weight is 392 g/mol. The van der Waals surface area contributed by atoms with Crippen LogP contribution in [0.4, 0.5) is 5.69 Å². The number of ketones is 1. The second kappa shape index (κ2) is 7.38. The summed E-state index contributed by atoms with van der Waals surface area (Å²) in [5.74, 6) is 0.198. The van der Waals surface area contributed by atoms with Gasteiger partial charge in [-0.05, 0) is 35.6 Å². The fourth-order valence-corrected chi connectivity index (χ4v) is 3.90. The van der Waals surface area contributed by atoms with Gasteiger partial charge in [-0.1, -0.05) is 36.4 Å². The van der Waals surface area contributed by atoms with Crippen LogP contribution >= 0.6 is 11.3 Å². The largest absolute Gasteiger partial charge is 0.407 e. The van der Waals surface area contributed by atoms with E-state index < -0.39 is 0 Å². The molecule has 0 radical (unpaired) electrons. The van der Waals surface area contributed by atoms with E-state index in [1.165, 1.54) is 11.3 Å². The number of benzene rings is 2. The van der Waals surface area contributed by atoms with Gasteiger partial charge in [-0.2, -0.15) is 0 Å². The summed E-state index contributed by atoms with van der Waals surface area (Å²) >= 11 is 1.42. The smallest absolute Gasteiger partial charge is 0.348 e. The van der Waals surface area contributed by atoms with Gasteiger partial charge in [0.2, 0.25) is 5.89 Å². The van der Waals surface area contributed by atoms with Crippen LogP contribution in [0.2, 0.25) is 0 Å². The number of fused-ring (bicyclic) bond motifs is 1. The summed E-state index contributed by atoms with van der Waals surface area (Å²) in [5.41, 5.74) is 4.86. The predicted molar refractivity (Wildman–Crippen MR) is 107 cm³/mol. The Bertz CT molecular complexity index is 1230. The minimum atomic E-state index is -0.372. The number of hydrogen-bond donors (Lipinski definition) is 2. The van der Waals surface area contributed by atoms with Crippen LogP contribution in [0, 0.1) is 6.92 Å². The van der Waals surface area contributed by atoms with Crippen LogP contribution in [0.3, 0.4) is 0 Å². The van der Waals surface area contributed by atoms with Crippen molar-refractivity contribution in [1.29, 1.82) is 0 Å². The van der Waals surface area contributed by atoms with Gasteiger partial charge in [0.05, 0.1) is 11.1 Å². The Morgan fingerprint density at radius 3 is 2.71 bits per heavy atom. The van der Waals surface area contributed by atoms with Crippen molar-refractivity contribution in [2.24, 2.45) is 0 Å². The molecule has 0 amide bonds. The number of rotatable bonds is 5. The monoisotopic (exact) mass is 392 g/mol. The highest BCUT2D eigenvalue weighted by Gasteiger charge is 2.13. The number of carbonyl (C=O) groups excluding carboxylic acids is 1. The number of hydrogen-bond acceptors (Lipinski definition) is 7. The van der Waals surface area contributed by atoms with Crippen LogP contribution in [0.5, 0.6) is 0 Å². The molecule has 0 bridgehead atoms. The molecule has 6 nitrogen and oxygen atoms in total. The third-order valence-electron chi connectivity index (χ3n) is 4.42. The average Bonchev–Trinajstić information content (AvgIpc) is 3.09. The Morgan fingerprint density at radius 2 is 1.96 bits per heavy atom. The summed E-state index contributed by atoms with van der Waals surface area (Å²) in [6, 6.07) is 13.7. The number of anilines is 1. The van der Waals surface area contributed by atoms with E-state index in [4.69, 9.17) is 9.62 Å². The van der Waals surface area contributed by atoms with E-state index in [2.05, 4.69) is 4.98 Å². The Hall–Kier alpha value is -3.29. The van der Waals surface area contributed by atoms with Crippen LogP contribution in [0.15, 0.2) is 63.1 Å². The van der Waals surface area contributed by atoms with Gasteiger partial charge < -0.3 is 4.42 Å². The maximum absolute atomic E-state index is 12.6. The standard InChI is InChI=1S/C21H16N2O4S/c1-12-11-28-20-18(12)21(25)27-17(22-20)9-13-5-7-14(8-6-13)19(24)15-3-2-4-16(10-15)23-26/h2-8,10-11,23,26H,9H2,1H3. The summed E-state index contributed by atoms with van der Waals surface area (Å²) in [6.45, 7) is 1.86. The maximum Gasteiger partial charge on any atom is 0.348 e. The van der Waals surface area contributed by atoms with Crippen LogP contribution in [0.1, 0.15) is 32.9 Å². The molecule has 0 aliphatic rings. The molecule has 0 saturated heterocycles. The van der Waals surface area contributed by atoms with Gasteiger partial charge in [0.15, 0.2) is 5.78 Å². The molecule has 0 unspecified atom stereocenters. The second-order valence-corrected chi connectivity index (χ2v) is 7.25. The van der Waals surface area contributed by atoms with Crippen molar-refractivity contribution in [1.82, 2.24) is 4.98 Å². The molecule has 0 fully saturated rings. The zero-order valence-electron chi connectivity index (χ0n) is 14.9. The fraction of sp³-hybridized carbons (Fsp3) is 0.0952. The first kappa shape index (κ1) is 18.1. The molecule has 0 aliphatic carbocycles. The van der Waals surface area contributed by atoms with E-state index in [-0.39, 0.29) is 11.4 Å². The molecule has 0 aliphatic heterocycles. The number of carbonyl (C=O) groups is 1. The molecule has 0 saturated carbocycles. The van der Waals surface area contributed by atoms with Crippen LogP contribution in [-0.2, 0) is 6.42 Å². The predicted octanol–water partition coefficient (Wildman–Crippen LogP) is 4.18. The number of nitrogens with zero attached hydrogens (tertiary/aromatic N) is 1. The Labute approximate surface area is 164 Å². The molecule has 140 valence electrons. The Kier molecular flexibility index (Phi) is 4.77. The van der Waals surface area contributed by atoms with E-state index >= 15 is 0 Å². The molecule has 4 aromatic rings. The molecule has 2 heterocycles. The summed E-state index contributed by atoms with van der Waals surface area (Å²) in [5, 5.41) is 11.4. The number of thiophene rings is 1. The summed E-state index contributed by atoms with van der Waals surface area (Å²) in [4.78, 5) is 29.9. The molecule has 0 spiro atoms. The van der Waals surface area contributed by atoms with Gasteiger partial charge in [0, 0.05) is 17.5 Å². The van der Waals surface area contributed by atoms with Crippen LogP contribution < -0.4 is 11.1 Å². The minimum absolute atomic E-state index is 0.149. The second-order valence-electron chi connectivity index (χ2n) is 6.39. The van der Waals surface area contributed by atoms with Crippen molar-refractivity contribution in [3.8, 4) is 0 Å². The van der Waals surface area contributed by atoms with E-state index in [9.17, 15) is 9.59 Å². The maximum atomic E-state index is 12.6. The number of aryl methyl sites for hydroxylation is 1. The molecule has 2 aromatic heterocycles. The first-order valence-electron chi connectivity index (χ1n) is 8.57. The molecule has 4 rings (SSSR count). The normalized spacial score (nSPS) is 10.9. The molecule has 2 aromatic carbocycles. The van der Waals surface area contributed by atoms with Gasteiger partial charge in [0.25, 0.3) is 0 Å². The van der Waals surface area contributed by atoms with Crippen molar-refractivity contribution in [3.05, 3.63) is 92.5 Å². The van der Waals surface area contributed by atoms with Crippen molar-refractivity contribution in [2.45, 2.75) is 13.3 Å². The molecule has 28 heavy (non-hydrogen) atoms. The van der Waals surface area contributed by atoms with Crippen LogP contribution in [-0.4, -0.2) is 16.0 Å². The topological polar surface area (TPSA) is 92.4 Å². The van der Waals surface area contributed by atoms with E-state index in [0.717, 1.165) is 11.1 Å². The van der Waals surface area contributed by atoms with Gasteiger partial charge in [0.1, 0.15) is 4.83 Å². The highest BCUT2D eigenvalue weighted by atomic mass is 32.1. The molecule has 7 heteroatoms. The lowest BCUT2D eigenvalue weighted by atomic mass is 10.0. The zero-order valence-corrected chi connectivity index (χ0v) is 15.7. The van der Waals surface area contributed by atoms with Crippen molar-refractivity contribution >= 4 is 33.0 Å². The van der Waals surface area contributed by atoms with E-state index in [1.807, 2.05) is 29.9 Å². The molecular formula is C21H16N2O4S. The summed E-state index contributed by atoms with van der Waals surface area (Å²) in [6.07, 6.45) is 0.362. The first-order chi connectivity index (χ1) is 13.5. The van der Waals surface area contributed by atoms with Gasteiger partial charge in [-0.3, -0.25) is 15.5 Å². The van der Waals surface area contributed by atoms with Gasteiger partial charge >= 0.3 is 5.63 Å².